The first-order chi connectivity index (χ1) is 11.1. The molecule has 4 nitrogen and oxygen atoms in total. The lowest BCUT2D eigenvalue weighted by Gasteiger charge is -2.10. The highest BCUT2D eigenvalue weighted by molar-refractivity contribution is 5.75. The molecule has 0 atom stereocenters. The third-order valence-corrected chi connectivity index (χ3v) is 3.62. The molecule has 1 aliphatic rings. The predicted octanol–water partition coefficient (Wildman–Crippen LogP) is 3.66. The Balaban J connectivity index is 1.67. The van der Waals surface area contributed by atoms with E-state index in [4.69, 9.17) is 14.2 Å². The maximum Gasteiger partial charge on any atom is 0.231 e. The van der Waals surface area contributed by atoms with Gasteiger partial charge in [0.1, 0.15) is 12.4 Å². The van der Waals surface area contributed by atoms with E-state index in [2.05, 4.69) is 0 Å². The molecule has 0 radical (unpaired) electrons. The molecule has 2 aromatic carbocycles. The van der Waals surface area contributed by atoms with Crippen LogP contribution in [0.15, 0.2) is 36.4 Å². The molecular formula is C18H17FO4. The molecule has 0 spiro atoms. The molecule has 0 aliphatic carbocycles. The van der Waals surface area contributed by atoms with Gasteiger partial charge in [-0.25, -0.2) is 4.39 Å². The lowest BCUT2D eigenvalue weighted by Crippen LogP contribution is -2.01. The van der Waals surface area contributed by atoms with Crippen LogP contribution in [0.5, 0.6) is 17.2 Å². The second-order valence-electron chi connectivity index (χ2n) is 5.41. The average Bonchev–Trinajstić information content (AvgIpc) is 3.01. The monoisotopic (exact) mass is 316 g/mol. The molecule has 0 saturated heterocycles. The van der Waals surface area contributed by atoms with Crippen molar-refractivity contribution in [3.63, 3.8) is 0 Å². The van der Waals surface area contributed by atoms with Gasteiger partial charge in [0.05, 0.1) is 0 Å². The van der Waals surface area contributed by atoms with Gasteiger partial charge in [0.15, 0.2) is 23.1 Å². The summed E-state index contributed by atoms with van der Waals surface area (Å²) >= 11 is 0. The molecule has 1 aliphatic heterocycles. The Morgan fingerprint density at radius 3 is 2.91 bits per heavy atom. The fourth-order valence-corrected chi connectivity index (χ4v) is 2.40. The standard InChI is InChI=1S/C18H17FO4/c1-12(20)5-6-13-7-8-16(15(19)9-13)21-10-14-3-2-4-17-18(14)23-11-22-17/h2-4,7-9H,5-6,10-11H2,1H3. The van der Waals surface area contributed by atoms with Crippen molar-refractivity contribution in [1.82, 2.24) is 0 Å². The van der Waals surface area contributed by atoms with E-state index in [0.717, 1.165) is 11.1 Å². The van der Waals surface area contributed by atoms with Gasteiger partial charge in [0.25, 0.3) is 0 Å². The van der Waals surface area contributed by atoms with Gasteiger partial charge < -0.3 is 19.0 Å². The molecule has 1 heterocycles. The lowest BCUT2D eigenvalue weighted by atomic mass is 10.1. The number of hydrogen-bond donors (Lipinski definition) is 0. The Bertz CT molecular complexity index is 727. The van der Waals surface area contributed by atoms with Crippen LogP contribution in [0.2, 0.25) is 0 Å². The Hall–Kier alpha value is -2.56. The summed E-state index contributed by atoms with van der Waals surface area (Å²) in [6.07, 6.45) is 0.942. The number of hydrogen-bond acceptors (Lipinski definition) is 4. The van der Waals surface area contributed by atoms with Crippen LogP contribution >= 0.6 is 0 Å². The third-order valence-electron chi connectivity index (χ3n) is 3.62. The molecule has 0 fully saturated rings. The molecule has 5 heteroatoms. The Labute approximate surface area is 133 Å². The summed E-state index contributed by atoms with van der Waals surface area (Å²) < 4.78 is 30.3. The first-order valence-electron chi connectivity index (χ1n) is 7.41. The second-order valence-corrected chi connectivity index (χ2v) is 5.41. The van der Waals surface area contributed by atoms with Gasteiger partial charge in [-0.2, -0.15) is 0 Å². The second kappa shape index (κ2) is 6.69. The van der Waals surface area contributed by atoms with Crippen LogP contribution in [0.25, 0.3) is 0 Å². The van der Waals surface area contributed by atoms with Gasteiger partial charge in [-0.1, -0.05) is 18.2 Å². The van der Waals surface area contributed by atoms with E-state index in [1.807, 2.05) is 18.2 Å². The van der Waals surface area contributed by atoms with E-state index in [1.165, 1.54) is 13.0 Å². The fourth-order valence-electron chi connectivity index (χ4n) is 2.40. The number of rotatable bonds is 6. The number of para-hydroxylation sites is 1. The topological polar surface area (TPSA) is 44.8 Å². The number of Topliss-reactive ketones (excluding diaryl/α,β-unsaturated/α-hetero) is 1. The van der Waals surface area contributed by atoms with Gasteiger partial charge in [0.2, 0.25) is 6.79 Å². The molecule has 3 rings (SSSR count). The predicted molar refractivity (Wildman–Crippen MR) is 82.3 cm³/mol. The Kier molecular flexibility index (Phi) is 4.46. The lowest BCUT2D eigenvalue weighted by molar-refractivity contribution is -0.116. The fraction of sp³-hybridized carbons (Fsp3) is 0.278. The maximum atomic E-state index is 14.1. The van der Waals surface area contributed by atoms with Crippen molar-refractivity contribution in [1.29, 1.82) is 0 Å². The van der Waals surface area contributed by atoms with Crippen LogP contribution in [-0.4, -0.2) is 12.6 Å². The first-order valence-corrected chi connectivity index (χ1v) is 7.41. The Morgan fingerprint density at radius 2 is 2.13 bits per heavy atom. The van der Waals surface area contributed by atoms with E-state index in [0.29, 0.717) is 24.3 Å². The molecule has 2 aromatic rings. The molecule has 0 saturated carbocycles. The van der Waals surface area contributed by atoms with E-state index in [1.54, 1.807) is 12.1 Å². The summed E-state index contributed by atoms with van der Waals surface area (Å²) in [5.41, 5.74) is 1.59. The normalized spacial score (nSPS) is 12.3. The van der Waals surface area contributed by atoms with Crippen molar-refractivity contribution in [2.45, 2.75) is 26.4 Å². The molecule has 0 bridgehead atoms. The number of carbonyl (C=O) groups is 1. The van der Waals surface area contributed by atoms with Crippen LogP contribution in [-0.2, 0) is 17.8 Å². The zero-order valence-corrected chi connectivity index (χ0v) is 12.8. The highest BCUT2D eigenvalue weighted by Crippen LogP contribution is 2.36. The quantitative estimate of drug-likeness (QED) is 0.816. The van der Waals surface area contributed by atoms with Crippen LogP contribution in [0.1, 0.15) is 24.5 Å². The number of ketones is 1. The number of halogens is 1. The maximum absolute atomic E-state index is 14.1. The number of fused-ring (bicyclic) bond motifs is 1. The van der Waals surface area contributed by atoms with Crippen LogP contribution in [0, 0.1) is 5.82 Å². The van der Waals surface area contributed by atoms with Gasteiger partial charge in [0, 0.05) is 12.0 Å². The van der Waals surface area contributed by atoms with Gasteiger partial charge in [-0.3, -0.25) is 0 Å². The minimum Gasteiger partial charge on any atom is -0.486 e. The van der Waals surface area contributed by atoms with Crippen molar-refractivity contribution in [2.24, 2.45) is 0 Å². The summed E-state index contributed by atoms with van der Waals surface area (Å²) in [5.74, 6) is 1.15. The summed E-state index contributed by atoms with van der Waals surface area (Å²) in [7, 11) is 0. The molecular weight excluding hydrogens is 299 g/mol. The van der Waals surface area contributed by atoms with E-state index < -0.39 is 5.82 Å². The highest BCUT2D eigenvalue weighted by Gasteiger charge is 2.17. The Morgan fingerprint density at radius 1 is 1.26 bits per heavy atom. The largest absolute Gasteiger partial charge is 0.486 e. The van der Waals surface area contributed by atoms with Crippen molar-refractivity contribution < 1.29 is 23.4 Å². The van der Waals surface area contributed by atoms with Gasteiger partial charge in [-0.05, 0) is 37.1 Å². The number of ether oxygens (including phenoxy) is 3. The average molecular weight is 316 g/mol. The number of benzene rings is 2. The summed E-state index contributed by atoms with van der Waals surface area (Å²) in [6.45, 7) is 1.90. The smallest absolute Gasteiger partial charge is 0.231 e. The van der Waals surface area contributed by atoms with E-state index >= 15 is 0 Å². The SMILES string of the molecule is CC(=O)CCc1ccc(OCc2cccc3c2OCO3)c(F)c1. The van der Waals surface area contributed by atoms with Gasteiger partial charge >= 0.3 is 0 Å². The third kappa shape index (κ3) is 3.62. The van der Waals surface area contributed by atoms with Gasteiger partial charge in [-0.15, -0.1) is 0 Å². The van der Waals surface area contributed by atoms with Crippen molar-refractivity contribution >= 4 is 5.78 Å². The summed E-state index contributed by atoms with van der Waals surface area (Å²) in [5, 5.41) is 0. The summed E-state index contributed by atoms with van der Waals surface area (Å²) in [6, 6.07) is 10.3. The summed E-state index contributed by atoms with van der Waals surface area (Å²) in [4.78, 5) is 11.0. The molecule has 0 aromatic heterocycles. The van der Waals surface area contributed by atoms with Crippen molar-refractivity contribution in [2.75, 3.05) is 6.79 Å². The van der Waals surface area contributed by atoms with Crippen molar-refractivity contribution in [3.05, 3.63) is 53.3 Å². The van der Waals surface area contributed by atoms with Crippen LogP contribution in [0.4, 0.5) is 4.39 Å². The zero-order valence-electron chi connectivity index (χ0n) is 12.8. The van der Waals surface area contributed by atoms with Crippen LogP contribution < -0.4 is 14.2 Å². The van der Waals surface area contributed by atoms with Crippen LogP contribution in [0.3, 0.4) is 0 Å². The number of aryl methyl sites for hydroxylation is 1. The molecule has 0 N–H and O–H groups in total. The molecule has 23 heavy (non-hydrogen) atoms. The minimum absolute atomic E-state index is 0.0888. The molecule has 0 unspecified atom stereocenters. The number of carbonyl (C=O) groups excluding carboxylic acids is 1. The van der Waals surface area contributed by atoms with E-state index in [9.17, 15) is 9.18 Å². The minimum atomic E-state index is -0.434. The highest BCUT2D eigenvalue weighted by atomic mass is 19.1. The molecule has 120 valence electrons. The van der Waals surface area contributed by atoms with Crippen molar-refractivity contribution in [3.8, 4) is 17.2 Å². The first kappa shape index (κ1) is 15.3. The van der Waals surface area contributed by atoms with E-state index in [-0.39, 0.29) is 24.9 Å². The zero-order chi connectivity index (χ0) is 16.2. The molecule has 0 amide bonds.